The van der Waals surface area contributed by atoms with Crippen LogP contribution >= 0.6 is 0 Å². The molecule has 2 atom stereocenters. The minimum absolute atomic E-state index is 0.0910. The van der Waals surface area contributed by atoms with Gasteiger partial charge in [-0.2, -0.15) is 0 Å². The fraction of sp³-hybridized carbons (Fsp3) is 0.609. The molecule has 0 spiro atoms. The van der Waals surface area contributed by atoms with Gasteiger partial charge in [-0.15, -0.1) is 0 Å². The average Bonchev–Trinajstić information content (AvgIpc) is 2.71. The molecule has 0 heterocycles. The summed E-state index contributed by atoms with van der Waals surface area (Å²) >= 11 is 0. The minimum atomic E-state index is -2.02. The summed E-state index contributed by atoms with van der Waals surface area (Å²) in [5, 5.41) is 1.16. The van der Waals surface area contributed by atoms with Gasteiger partial charge in [-0.05, 0) is 47.8 Å². The van der Waals surface area contributed by atoms with Crippen molar-refractivity contribution in [2.75, 3.05) is 0 Å². The third-order valence-corrected chi connectivity index (χ3v) is 14.1. The molecular weight excluding hydrogens is 336 g/mol. The van der Waals surface area contributed by atoms with Gasteiger partial charge >= 0.3 is 0 Å². The van der Waals surface area contributed by atoms with Crippen molar-refractivity contribution in [2.45, 2.75) is 84.5 Å². The number of carbonyl (C=O) groups is 1. The quantitative estimate of drug-likeness (QED) is 0.527. The van der Waals surface area contributed by atoms with Gasteiger partial charge in [0.2, 0.25) is 0 Å². The molecular formula is C23H36O2Si. The Labute approximate surface area is 161 Å². The van der Waals surface area contributed by atoms with Crippen LogP contribution in [0.25, 0.3) is 0 Å². The van der Waals surface area contributed by atoms with Crippen LogP contribution in [0.1, 0.15) is 62.3 Å². The molecule has 0 fully saturated rings. The number of benzene rings is 1. The highest BCUT2D eigenvalue weighted by atomic mass is 28.3. The third-order valence-electron chi connectivity index (χ3n) is 6.92. The van der Waals surface area contributed by atoms with Crippen molar-refractivity contribution in [2.24, 2.45) is 5.92 Å². The molecule has 144 valence electrons. The highest BCUT2D eigenvalue weighted by Crippen LogP contribution is 2.53. The van der Waals surface area contributed by atoms with E-state index in [9.17, 15) is 4.79 Å². The van der Waals surface area contributed by atoms with Gasteiger partial charge in [-0.25, -0.2) is 0 Å². The maximum absolute atomic E-state index is 13.9. The predicted molar refractivity (Wildman–Crippen MR) is 113 cm³/mol. The molecule has 0 N–H and O–H groups in total. The largest absolute Gasteiger partial charge is 0.479 e. The molecule has 1 aliphatic carbocycles. The Kier molecular flexibility index (Phi) is 5.92. The molecule has 0 amide bonds. The normalized spacial score (nSPS) is 24.3. The Hall–Kier alpha value is -1.35. The molecule has 0 aromatic heterocycles. The Morgan fingerprint density at radius 2 is 1.42 bits per heavy atom. The first-order chi connectivity index (χ1) is 12.0. The second kappa shape index (κ2) is 7.34. The van der Waals surface area contributed by atoms with Crippen molar-refractivity contribution in [3.8, 4) is 5.75 Å². The topological polar surface area (TPSA) is 26.3 Å². The number of carbonyl (C=O) groups excluding carboxylic acids is 1. The van der Waals surface area contributed by atoms with Crippen molar-refractivity contribution >= 4 is 13.9 Å². The Balaban J connectivity index is 2.58. The van der Waals surface area contributed by atoms with E-state index in [1.165, 1.54) is 5.57 Å². The molecule has 0 unspecified atom stereocenters. The van der Waals surface area contributed by atoms with E-state index in [-0.39, 0.29) is 11.7 Å². The van der Waals surface area contributed by atoms with E-state index in [1.54, 1.807) is 0 Å². The Morgan fingerprint density at radius 3 is 1.85 bits per heavy atom. The Morgan fingerprint density at radius 1 is 0.962 bits per heavy atom. The zero-order valence-corrected chi connectivity index (χ0v) is 19.0. The minimum Gasteiger partial charge on any atom is -0.479 e. The summed E-state index contributed by atoms with van der Waals surface area (Å²) in [5.74, 6) is 1.10. The van der Waals surface area contributed by atoms with E-state index >= 15 is 0 Å². The van der Waals surface area contributed by atoms with E-state index < -0.39 is 13.7 Å². The fourth-order valence-electron chi connectivity index (χ4n) is 5.53. The van der Waals surface area contributed by atoms with Crippen LogP contribution in [0.3, 0.4) is 0 Å². The van der Waals surface area contributed by atoms with Crippen molar-refractivity contribution in [3.05, 3.63) is 41.1 Å². The van der Waals surface area contributed by atoms with Crippen LogP contribution in [0.2, 0.25) is 16.6 Å². The first-order valence-electron chi connectivity index (χ1n) is 10.0. The van der Waals surface area contributed by atoms with E-state index in [0.29, 0.717) is 16.6 Å². The maximum Gasteiger partial charge on any atom is 0.198 e. The smallest absolute Gasteiger partial charge is 0.198 e. The van der Waals surface area contributed by atoms with Crippen LogP contribution in [-0.2, 0) is 4.79 Å². The summed E-state index contributed by atoms with van der Waals surface area (Å²) < 4.78 is 6.35. The molecule has 2 rings (SSSR count). The first kappa shape index (κ1) is 21.0. The Bertz CT molecular complexity index is 666. The number of hydrogen-bond acceptors (Lipinski definition) is 2. The summed E-state index contributed by atoms with van der Waals surface area (Å²) in [6.45, 7) is 20.2. The maximum atomic E-state index is 13.9. The van der Waals surface area contributed by atoms with Gasteiger partial charge in [-0.3, -0.25) is 4.79 Å². The highest BCUT2D eigenvalue weighted by molar-refractivity contribution is 6.94. The number of rotatable bonds is 6. The molecule has 0 saturated heterocycles. The zero-order valence-electron chi connectivity index (χ0n) is 18.0. The van der Waals surface area contributed by atoms with Gasteiger partial charge in [0.05, 0.1) is 8.07 Å². The number of para-hydroxylation sites is 1. The molecule has 1 aliphatic rings. The molecule has 0 saturated carbocycles. The summed E-state index contributed by atoms with van der Waals surface area (Å²) in [4.78, 5) is 13.9. The standard InChI is InChI=1S/C23H36O2Si/c1-15(2)26(16(3)4,17(5)6)21-18(7)19(8)23(9,22(21)24)25-20-13-11-10-12-14-20/h10-17,19H,1-9H3/t19-,23+/m1/s1. The van der Waals surface area contributed by atoms with Gasteiger partial charge < -0.3 is 4.74 Å². The summed E-state index contributed by atoms with van der Waals surface area (Å²) in [6, 6.07) is 9.77. The third kappa shape index (κ3) is 2.98. The molecule has 1 aromatic rings. The lowest BCUT2D eigenvalue weighted by molar-refractivity contribution is -0.129. The highest BCUT2D eigenvalue weighted by Gasteiger charge is 2.59. The summed E-state index contributed by atoms with van der Waals surface area (Å²) in [6.07, 6.45) is 0. The second-order valence-corrected chi connectivity index (χ2v) is 14.9. The van der Waals surface area contributed by atoms with Crippen molar-refractivity contribution < 1.29 is 9.53 Å². The molecule has 1 aromatic carbocycles. The van der Waals surface area contributed by atoms with Crippen LogP contribution in [-0.4, -0.2) is 19.5 Å². The summed E-state index contributed by atoms with van der Waals surface area (Å²) in [5.41, 5.74) is 2.00. The van der Waals surface area contributed by atoms with E-state index in [2.05, 4.69) is 55.4 Å². The number of ether oxygens (including phenoxy) is 1. The van der Waals surface area contributed by atoms with Gasteiger partial charge in [0, 0.05) is 5.92 Å². The number of ketones is 1. The van der Waals surface area contributed by atoms with Crippen LogP contribution in [0.5, 0.6) is 5.75 Å². The molecule has 0 radical (unpaired) electrons. The van der Waals surface area contributed by atoms with Crippen molar-refractivity contribution in [1.29, 1.82) is 0 Å². The van der Waals surface area contributed by atoms with Gasteiger partial charge in [0.15, 0.2) is 11.4 Å². The molecule has 3 heteroatoms. The fourth-order valence-corrected chi connectivity index (χ4v) is 12.8. The molecule has 26 heavy (non-hydrogen) atoms. The SMILES string of the molecule is CC1=C([Si](C(C)C)(C(C)C)C(C)C)C(=O)[C@@](C)(Oc2ccccc2)[C@@H]1C. The van der Waals surface area contributed by atoms with E-state index in [0.717, 1.165) is 10.9 Å². The van der Waals surface area contributed by atoms with Crippen LogP contribution in [0.4, 0.5) is 0 Å². The lowest BCUT2D eigenvalue weighted by Gasteiger charge is -2.44. The van der Waals surface area contributed by atoms with Crippen LogP contribution in [0, 0.1) is 5.92 Å². The number of hydrogen-bond donors (Lipinski definition) is 0. The van der Waals surface area contributed by atoms with Gasteiger partial charge in [0.1, 0.15) is 5.75 Å². The van der Waals surface area contributed by atoms with E-state index in [1.807, 2.05) is 37.3 Å². The van der Waals surface area contributed by atoms with Gasteiger partial charge in [-0.1, -0.05) is 72.2 Å². The number of Topliss-reactive ketones (excluding diaryl/α,β-unsaturated/α-hetero) is 1. The summed E-state index contributed by atoms with van der Waals surface area (Å²) in [7, 11) is -2.02. The van der Waals surface area contributed by atoms with Gasteiger partial charge in [0.25, 0.3) is 0 Å². The van der Waals surface area contributed by atoms with Crippen LogP contribution in [0.15, 0.2) is 41.1 Å². The van der Waals surface area contributed by atoms with Crippen LogP contribution < -0.4 is 4.74 Å². The van der Waals surface area contributed by atoms with Crippen molar-refractivity contribution in [1.82, 2.24) is 0 Å². The predicted octanol–water partition coefficient (Wildman–Crippen LogP) is 6.58. The lowest BCUT2D eigenvalue weighted by atomic mass is 9.89. The lowest BCUT2D eigenvalue weighted by Crippen LogP contribution is -2.52. The molecule has 0 aliphatic heterocycles. The molecule has 0 bridgehead atoms. The first-order valence-corrected chi connectivity index (χ1v) is 12.2. The second-order valence-electron chi connectivity index (χ2n) is 9.03. The zero-order chi connectivity index (χ0) is 19.9. The van der Waals surface area contributed by atoms with Crippen molar-refractivity contribution in [3.63, 3.8) is 0 Å². The monoisotopic (exact) mass is 372 g/mol. The average molecular weight is 373 g/mol. The van der Waals surface area contributed by atoms with E-state index in [4.69, 9.17) is 4.74 Å². The molecule has 2 nitrogen and oxygen atoms in total.